The van der Waals surface area contributed by atoms with Crippen LogP contribution in [0.25, 0.3) is 6.08 Å². The number of carbonyl (C=O) groups is 2. The lowest BCUT2D eigenvalue weighted by Crippen LogP contribution is -2.40. The summed E-state index contributed by atoms with van der Waals surface area (Å²) < 4.78 is 0. The number of amides is 1. The van der Waals surface area contributed by atoms with Crippen LogP contribution in [0, 0.1) is 6.92 Å². The van der Waals surface area contributed by atoms with Crippen molar-refractivity contribution in [1.29, 1.82) is 0 Å². The highest BCUT2D eigenvalue weighted by Gasteiger charge is 2.33. The van der Waals surface area contributed by atoms with Crippen molar-refractivity contribution in [2.75, 3.05) is 11.6 Å². The third-order valence-corrected chi connectivity index (χ3v) is 4.06. The maximum absolute atomic E-state index is 12.0. The van der Waals surface area contributed by atoms with Crippen molar-refractivity contribution in [2.45, 2.75) is 13.0 Å². The van der Waals surface area contributed by atoms with Gasteiger partial charge in [-0.3, -0.25) is 4.79 Å². The molecule has 1 aliphatic heterocycles. The first-order valence-corrected chi connectivity index (χ1v) is 7.10. The summed E-state index contributed by atoms with van der Waals surface area (Å²) in [5, 5.41) is 9.03. The Morgan fingerprint density at radius 1 is 1.42 bits per heavy atom. The van der Waals surface area contributed by atoms with Crippen LogP contribution in [-0.2, 0) is 9.59 Å². The predicted octanol–water partition coefficient (Wildman–Crippen LogP) is 1.99. The number of aliphatic carboxylic acids is 1. The molecule has 1 amide bonds. The van der Waals surface area contributed by atoms with Gasteiger partial charge in [0.2, 0.25) is 5.91 Å². The number of rotatable bonds is 3. The molecule has 1 aromatic carbocycles. The third-order valence-electron chi connectivity index (χ3n) is 3.04. The topological polar surface area (TPSA) is 57.6 Å². The normalized spacial score (nSPS) is 19.0. The lowest BCUT2D eigenvalue weighted by molar-refractivity contribution is -0.146. The van der Waals surface area contributed by atoms with E-state index in [0.29, 0.717) is 11.6 Å². The quantitative estimate of drug-likeness (QED) is 0.858. The second-order valence-electron chi connectivity index (χ2n) is 4.35. The minimum Gasteiger partial charge on any atom is -0.480 e. The first-order valence-electron chi connectivity index (χ1n) is 5.94. The van der Waals surface area contributed by atoms with Crippen LogP contribution < -0.4 is 0 Å². The minimum atomic E-state index is -0.942. The Kier molecular flexibility index (Phi) is 4.27. The molecule has 2 rings (SSSR count). The van der Waals surface area contributed by atoms with Gasteiger partial charge in [0.1, 0.15) is 6.04 Å². The summed E-state index contributed by atoms with van der Waals surface area (Å²) in [4.78, 5) is 24.4. The van der Waals surface area contributed by atoms with Gasteiger partial charge >= 0.3 is 5.97 Å². The van der Waals surface area contributed by atoms with Gasteiger partial charge in [-0.2, -0.15) is 0 Å². The molecule has 100 valence electrons. The highest BCUT2D eigenvalue weighted by molar-refractivity contribution is 7.99. The highest BCUT2D eigenvalue weighted by Crippen LogP contribution is 2.21. The van der Waals surface area contributed by atoms with E-state index in [1.54, 1.807) is 6.08 Å². The fourth-order valence-electron chi connectivity index (χ4n) is 1.90. The number of carboxylic acids is 1. The number of carbonyl (C=O) groups excluding carboxylic acids is 1. The highest BCUT2D eigenvalue weighted by atomic mass is 32.2. The van der Waals surface area contributed by atoms with Gasteiger partial charge in [-0.15, -0.1) is 11.8 Å². The molecule has 19 heavy (non-hydrogen) atoms. The number of benzene rings is 1. The van der Waals surface area contributed by atoms with E-state index >= 15 is 0 Å². The van der Waals surface area contributed by atoms with Gasteiger partial charge in [-0.05, 0) is 24.1 Å². The van der Waals surface area contributed by atoms with Crippen molar-refractivity contribution >= 4 is 29.7 Å². The number of thioether (sulfide) groups is 1. The number of carboxylic acid groups (broad SMARTS) is 1. The van der Waals surface area contributed by atoms with Crippen LogP contribution >= 0.6 is 11.8 Å². The molecule has 0 aliphatic carbocycles. The van der Waals surface area contributed by atoms with Crippen molar-refractivity contribution < 1.29 is 14.7 Å². The molecule has 1 fully saturated rings. The van der Waals surface area contributed by atoms with Crippen LogP contribution in [0.15, 0.2) is 30.3 Å². The van der Waals surface area contributed by atoms with Crippen molar-refractivity contribution in [2.24, 2.45) is 0 Å². The number of nitrogens with zero attached hydrogens (tertiary/aromatic N) is 1. The van der Waals surface area contributed by atoms with Crippen molar-refractivity contribution in [3.8, 4) is 0 Å². The Balaban J connectivity index is 2.09. The molecule has 1 aliphatic rings. The zero-order valence-electron chi connectivity index (χ0n) is 10.6. The molecular formula is C14H15NO3S. The summed E-state index contributed by atoms with van der Waals surface area (Å²) in [6.45, 7) is 1.97. The Morgan fingerprint density at radius 2 is 2.16 bits per heavy atom. The van der Waals surface area contributed by atoms with Crippen LogP contribution in [0.2, 0.25) is 0 Å². The van der Waals surface area contributed by atoms with Gasteiger partial charge in [0, 0.05) is 11.8 Å². The molecule has 1 unspecified atom stereocenters. The predicted molar refractivity (Wildman–Crippen MR) is 75.8 cm³/mol. The number of aryl methyl sites for hydroxylation is 1. The smallest absolute Gasteiger partial charge is 0.327 e. The maximum atomic E-state index is 12.0. The Morgan fingerprint density at radius 3 is 2.84 bits per heavy atom. The molecule has 0 spiro atoms. The molecule has 1 saturated heterocycles. The van der Waals surface area contributed by atoms with Gasteiger partial charge < -0.3 is 10.0 Å². The van der Waals surface area contributed by atoms with E-state index in [9.17, 15) is 9.59 Å². The molecule has 0 saturated carbocycles. The molecule has 1 atom stereocenters. The first-order chi connectivity index (χ1) is 9.09. The molecule has 5 heteroatoms. The molecule has 0 aromatic heterocycles. The van der Waals surface area contributed by atoms with E-state index in [4.69, 9.17) is 5.11 Å². The van der Waals surface area contributed by atoms with E-state index < -0.39 is 12.0 Å². The fraction of sp³-hybridized carbons (Fsp3) is 0.286. The Labute approximate surface area is 116 Å². The molecule has 1 N–H and O–H groups in total. The second-order valence-corrected chi connectivity index (χ2v) is 5.35. The number of hydrogen-bond donors (Lipinski definition) is 1. The van der Waals surface area contributed by atoms with Crippen LogP contribution in [0.1, 0.15) is 11.1 Å². The maximum Gasteiger partial charge on any atom is 0.327 e. The summed E-state index contributed by atoms with van der Waals surface area (Å²) in [6, 6.07) is 7.02. The van der Waals surface area contributed by atoms with Crippen LogP contribution in [0.3, 0.4) is 0 Å². The van der Waals surface area contributed by atoms with Gasteiger partial charge in [0.05, 0.1) is 5.88 Å². The first kappa shape index (κ1) is 13.7. The van der Waals surface area contributed by atoms with E-state index in [0.717, 1.165) is 11.1 Å². The van der Waals surface area contributed by atoms with Crippen molar-refractivity contribution in [1.82, 2.24) is 4.90 Å². The summed E-state index contributed by atoms with van der Waals surface area (Å²) in [5.41, 5.74) is 2.05. The van der Waals surface area contributed by atoms with Crippen LogP contribution in [0.4, 0.5) is 0 Å². The van der Waals surface area contributed by atoms with Gasteiger partial charge in [0.15, 0.2) is 0 Å². The summed E-state index contributed by atoms with van der Waals surface area (Å²) >= 11 is 1.46. The lowest BCUT2D eigenvalue weighted by atomic mass is 10.1. The van der Waals surface area contributed by atoms with E-state index in [1.165, 1.54) is 22.7 Å². The van der Waals surface area contributed by atoms with Crippen molar-refractivity contribution in [3.63, 3.8) is 0 Å². The van der Waals surface area contributed by atoms with Gasteiger partial charge in [0.25, 0.3) is 0 Å². The average molecular weight is 277 g/mol. The molecule has 1 aromatic rings. The standard InChI is InChI=1S/C14H15NO3S/c1-10-4-2-3-5-11(10)6-7-13(16)15-9-19-8-12(15)14(17)18/h2-7,12H,8-9H2,1H3,(H,17,18)/b7-6+. The largest absolute Gasteiger partial charge is 0.480 e. The van der Waals surface area contributed by atoms with E-state index in [-0.39, 0.29) is 5.91 Å². The average Bonchev–Trinajstić information content (AvgIpc) is 2.87. The number of hydrogen-bond acceptors (Lipinski definition) is 3. The van der Waals surface area contributed by atoms with Gasteiger partial charge in [-0.25, -0.2) is 4.79 Å². The zero-order valence-corrected chi connectivity index (χ0v) is 11.4. The fourth-order valence-corrected chi connectivity index (χ4v) is 3.05. The van der Waals surface area contributed by atoms with E-state index in [1.807, 2.05) is 31.2 Å². The SMILES string of the molecule is Cc1ccccc1/C=C/C(=O)N1CSCC1C(=O)O. The summed E-state index contributed by atoms with van der Waals surface area (Å²) in [7, 11) is 0. The summed E-state index contributed by atoms with van der Waals surface area (Å²) in [6.07, 6.45) is 3.18. The molecule has 0 radical (unpaired) electrons. The minimum absolute atomic E-state index is 0.249. The van der Waals surface area contributed by atoms with E-state index in [2.05, 4.69) is 0 Å². The van der Waals surface area contributed by atoms with Crippen molar-refractivity contribution in [3.05, 3.63) is 41.5 Å². The lowest BCUT2D eigenvalue weighted by Gasteiger charge is -2.18. The van der Waals surface area contributed by atoms with Gasteiger partial charge in [-0.1, -0.05) is 24.3 Å². The molecule has 1 heterocycles. The summed E-state index contributed by atoms with van der Waals surface area (Å²) in [5.74, 6) is -0.295. The molecular weight excluding hydrogens is 262 g/mol. The van der Waals surface area contributed by atoms with Crippen LogP contribution in [0.5, 0.6) is 0 Å². The monoisotopic (exact) mass is 277 g/mol. The third kappa shape index (κ3) is 3.17. The van der Waals surface area contributed by atoms with Crippen LogP contribution in [-0.4, -0.2) is 39.6 Å². The molecule has 0 bridgehead atoms. The molecule has 4 nitrogen and oxygen atoms in total. The Hall–Kier alpha value is -1.75. The second kappa shape index (κ2) is 5.93. The Bertz CT molecular complexity index is 527. The zero-order chi connectivity index (χ0) is 13.8.